The number of esters is 1. The molecule has 1 heterocycles. The van der Waals surface area contributed by atoms with Gasteiger partial charge in [-0.1, -0.05) is 54.0 Å². The summed E-state index contributed by atoms with van der Waals surface area (Å²) in [6.07, 6.45) is 0.440. The van der Waals surface area contributed by atoms with E-state index >= 15 is 0 Å². The first kappa shape index (κ1) is 24.2. The molecule has 2 aromatic rings. The lowest BCUT2D eigenvalue weighted by molar-refractivity contribution is -0.147. The van der Waals surface area contributed by atoms with E-state index in [-0.39, 0.29) is 31.0 Å². The Kier molecular flexibility index (Phi) is 9.02. The minimum Gasteiger partial charge on any atom is -0.463 e. The number of aliphatic hydroxyl groups excluding tert-OH is 1. The third kappa shape index (κ3) is 7.29. The number of rotatable bonds is 11. The monoisotopic (exact) mass is 462 g/mol. The average molecular weight is 463 g/mol. The fourth-order valence-electron chi connectivity index (χ4n) is 3.58. The predicted octanol–water partition coefficient (Wildman–Crippen LogP) is 4.18. The van der Waals surface area contributed by atoms with Gasteiger partial charge in [0.05, 0.1) is 5.71 Å². The molecule has 0 radical (unpaired) electrons. The highest BCUT2D eigenvalue weighted by atomic mass is 35.5. The van der Waals surface area contributed by atoms with Crippen LogP contribution in [0, 0.1) is 5.82 Å². The molecule has 0 aliphatic carbocycles. The van der Waals surface area contributed by atoms with E-state index in [2.05, 4.69) is 5.16 Å². The van der Waals surface area contributed by atoms with Crippen LogP contribution in [-0.4, -0.2) is 53.6 Å². The third-order valence-electron chi connectivity index (χ3n) is 5.03. The molecule has 0 saturated heterocycles. The standard InChI is InChI=1S/C24H28ClFN2O4/c1-2-6-24(30)31-16-19(29)14-28(13-17-7-5-8-18(26)11-17)15-20-12-23(27-32-20)21-9-3-4-10-22(21)25/h3-5,7-11,19-20,29H,2,6,12-16H2,1H3. The van der Waals surface area contributed by atoms with Gasteiger partial charge in [-0.3, -0.25) is 9.69 Å². The zero-order valence-electron chi connectivity index (χ0n) is 18.0. The Morgan fingerprint density at radius 1 is 1.34 bits per heavy atom. The molecule has 172 valence electrons. The lowest BCUT2D eigenvalue weighted by atomic mass is 10.0. The second-order valence-corrected chi connectivity index (χ2v) is 8.27. The maximum absolute atomic E-state index is 13.7. The summed E-state index contributed by atoms with van der Waals surface area (Å²) in [7, 11) is 0. The average Bonchev–Trinajstić information content (AvgIpc) is 3.21. The van der Waals surface area contributed by atoms with Crippen LogP contribution in [0.15, 0.2) is 53.7 Å². The number of ether oxygens (including phenoxy) is 1. The summed E-state index contributed by atoms with van der Waals surface area (Å²) in [4.78, 5) is 19.2. The van der Waals surface area contributed by atoms with Gasteiger partial charge in [0.25, 0.3) is 0 Å². The molecule has 2 atom stereocenters. The van der Waals surface area contributed by atoms with Crippen LogP contribution in [0.2, 0.25) is 5.02 Å². The number of hydrogen-bond acceptors (Lipinski definition) is 6. The number of benzene rings is 2. The molecular formula is C24H28ClFN2O4. The van der Waals surface area contributed by atoms with Crippen LogP contribution in [0.4, 0.5) is 4.39 Å². The van der Waals surface area contributed by atoms with Crippen LogP contribution in [0.1, 0.15) is 37.3 Å². The molecule has 0 spiro atoms. The van der Waals surface area contributed by atoms with Gasteiger partial charge in [-0.05, 0) is 30.2 Å². The second kappa shape index (κ2) is 11.9. The number of oxime groups is 1. The summed E-state index contributed by atoms with van der Waals surface area (Å²) in [5.41, 5.74) is 2.36. The van der Waals surface area contributed by atoms with Crippen LogP contribution in [0.25, 0.3) is 0 Å². The summed E-state index contributed by atoms with van der Waals surface area (Å²) in [6, 6.07) is 13.8. The molecule has 6 nitrogen and oxygen atoms in total. The summed E-state index contributed by atoms with van der Waals surface area (Å²) in [6.45, 7) is 2.88. The van der Waals surface area contributed by atoms with Crippen molar-refractivity contribution in [1.82, 2.24) is 4.90 Å². The normalized spacial score (nSPS) is 16.5. The predicted molar refractivity (Wildman–Crippen MR) is 121 cm³/mol. The summed E-state index contributed by atoms with van der Waals surface area (Å²) in [5.74, 6) is -0.655. The minimum atomic E-state index is -0.880. The molecule has 0 bridgehead atoms. The van der Waals surface area contributed by atoms with E-state index < -0.39 is 6.10 Å². The van der Waals surface area contributed by atoms with Gasteiger partial charge in [0, 0.05) is 43.1 Å². The van der Waals surface area contributed by atoms with Crippen molar-refractivity contribution in [3.63, 3.8) is 0 Å². The maximum Gasteiger partial charge on any atom is 0.305 e. The summed E-state index contributed by atoms with van der Waals surface area (Å²) in [5, 5.41) is 15.2. The van der Waals surface area contributed by atoms with Crippen LogP contribution < -0.4 is 0 Å². The van der Waals surface area contributed by atoms with Crippen LogP contribution in [0.3, 0.4) is 0 Å². The molecule has 1 aliphatic heterocycles. The van der Waals surface area contributed by atoms with E-state index in [9.17, 15) is 14.3 Å². The van der Waals surface area contributed by atoms with Crippen molar-refractivity contribution in [3.05, 3.63) is 70.5 Å². The van der Waals surface area contributed by atoms with Crippen LogP contribution >= 0.6 is 11.6 Å². The van der Waals surface area contributed by atoms with Gasteiger partial charge in [-0.15, -0.1) is 0 Å². The first-order valence-corrected chi connectivity index (χ1v) is 11.1. The first-order chi connectivity index (χ1) is 15.4. The van der Waals surface area contributed by atoms with Crippen molar-refractivity contribution in [1.29, 1.82) is 0 Å². The molecule has 0 saturated carbocycles. The van der Waals surface area contributed by atoms with Gasteiger partial charge in [-0.25, -0.2) is 4.39 Å². The largest absolute Gasteiger partial charge is 0.463 e. The van der Waals surface area contributed by atoms with E-state index in [1.165, 1.54) is 12.1 Å². The second-order valence-electron chi connectivity index (χ2n) is 7.86. The topological polar surface area (TPSA) is 71.4 Å². The molecule has 0 aromatic heterocycles. The molecule has 3 rings (SSSR count). The number of carbonyl (C=O) groups is 1. The molecule has 32 heavy (non-hydrogen) atoms. The highest BCUT2D eigenvalue weighted by Gasteiger charge is 2.27. The van der Waals surface area contributed by atoms with Crippen LogP contribution in [-0.2, 0) is 20.9 Å². The molecule has 1 aliphatic rings. The van der Waals surface area contributed by atoms with E-state index in [1.54, 1.807) is 12.1 Å². The van der Waals surface area contributed by atoms with Gasteiger partial charge in [0.15, 0.2) is 0 Å². The number of nitrogens with zero attached hydrogens (tertiary/aromatic N) is 2. The van der Waals surface area contributed by atoms with Crippen molar-refractivity contribution in [2.45, 2.75) is 44.9 Å². The molecule has 0 amide bonds. The Hall–Kier alpha value is -2.48. The lowest BCUT2D eigenvalue weighted by Crippen LogP contribution is -2.39. The van der Waals surface area contributed by atoms with Gasteiger partial charge in [-0.2, -0.15) is 0 Å². The maximum atomic E-state index is 13.7. The number of halogens is 2. The number of aliphatic hydroxyl groups is 1. The Morgan fingerprint density at radius 3 is 2.91 bits per heavy atom. The van der Waals surface area contributed by atoms with E-state index in [0.29, 0.717) is 37.4 Å². The number of carbonyl (C=O) groups excluding carboxylic acids is 1. The first-order valence-electron chi connectivity index (χ1n) is 10.7. The third-order valence-corrected chi connectivity index (χ3v) is 5.36. The summed E-state index contributed by atoms with van der Waals surface area (Å²) < 4.78 is 18.8. The van der Waals surface area contributed by atoms with Crippen LogP contribution in [0.5, 0.6) is 0 Å². The Bertz CT molecular complexity index is 940. The lowest BCUT2D eigenvalue weighted by Gasteiger charge is -2.27. The summed E-state index contributed by atoms with van der Waals surface area (Å²) >= 11 is 6.27. The molecular weight excluding hydrogens is 435 g/mol. The van der Waals surface area contributed by atoms with E-state index in [4.69, 9.17) is 21.2 Å². The Morgan fingerprint density at radius 2 is 2.16 bits per heavy atom. The van der Waals surface area contributed by atoms with Crippen molar-refractivity contribution < 1.29 is 23.9 Å². The minimum absolute atomic E-state index is 0.0919. The molecule has 0 fully saturated rings. The number of hydrogen-bond donors (Lipinski definition) is 1. The smallest absolute Gasteiger partial charge is 0.305 e. The van der Waals surface area contributed by atoms with Gasteiger partial charge in [0.2, 0.25) is 0 Å². The van der Waals surface area contributed by atoms with Crippen molar-refractivity contribution >= 4 is 23.3 Å². The fraction of sp³-hybridized carbons (Fsp3) is 0.417. The van der Waals surface area contributed by atoms with Gasteiger partial charge >= 0.3 is 5.97 Å². The Labute approximate surface area is 192 Å². The van der Waals surface area contributed by atoms with E-state index in [1.807, 2.05) is 36.1 Å². The highest BCUT2D eigenvalue weighted by Crippen LogP contribution is 2.23. The van der Waals surface area contributed by atoms with Crippen molar-refractivity contribution in [2.75, 3.05) is 19.7 Å². The molecule has 2 unspecified atom stereocenters. The fourth-order valence-corrected chi connectivity index (χ4v) is 3.83. The molecule has 2 aromatic carbocycles. The van der Waals surface area contributed by atoms with E-state index in [0.717, 1.165) is 16.8 Å². The quantitative estimate of drug-likeness (QED) is 0.507. The van der Waals surface area contributed by atoms with Gasteiger partial charge in [0.1, 0.15) is 24.6 Å². The zero-order chi connectivity index (χ0) is 22.9. The molecule has 8 heteroatoms. The zero-order valence-corrected chi connectivity index (χ0v) is 18.8. The van der Waals surface area contributed by atoms with Crippen molar-refractivity contribution in [3.8, 4) is 0 Å². The van der Waals surface area contributed by atoms with Gasteiger partial charge < -0.3 is 14.7 Å². The van der Waals surface area contributed by atoms with Crippen molar-refractivity contribution in [2.24, 2.45) is 5.16 Å². The Balaban J connectivity index is 1.62. The highest BCUT2D eigenvalue weighted by molar-refractivity contribution is 6.34. The molecule has 1 N–H and O–H groups in total. The SMILES string of the molecule is CCCC(=O)OCC(O)CN(Cc1cccc(F)c1)CC1CC(c2ccccc2Cl)=NO1.